The molecule has 14 heteroatoms. The maximum absolute atomic E-state index is 11.8. The fraction of sp³-hybridized carbons (Fsp3) is 0.542. The van der Waals surface area contributed by atoms with Gasteiger partial charge in [-0.2, -0.15) is 0 Å². The molecule has 1 aliphatic heterocycles. The molecule has 0 aromatic carbocycles. The van der Waals surface area contributed by atoms with E-state index in [2.05, 4.69) is 15.3 Å². The maximum atomic E-state index is 11.8. The van der Waals surface area contributed by atoms with E-state index in [1.54, 1.807) is 26.1 Å². The highest BCUT2D eigenvalue weighted by atomic mass is 31.2. The highest BCUT2D eigenvalue weighted by Gasteiger charge is 2.25. The van der Waals surface area contributed by atoms with E-state index in [-0.39, 0.29) is 12.7 Å². The van der Waals surface area contributed by atoms with Crippen LogP contribution in [0.3, 0.4) is 0 Å². The Bertz CT molecular complexity index is 1130. The van der Waals surface area contributed by atoms with Crippen molar-refractivity contribution in [1.82, 2.24) is 15.0 Å². The molecule has 0 saturated carbocycles. The number of phosphoric ester groups is 1. The number of piperidine rings is 1. The quantitative estimate of drug-likeness (QED) is 0.235. The number of hydrogen-bond acceptors (Lipinski definition) is 11. The number of aromatic nitrogens is 2. The molecule has 3 N–H and O–H groups in total. The van der Waals surface area contributed by atoms with Crippen molar-refractivity contribution in [2.75, 3.05) is 32.1 Å². The summed E-state index contributed by atoms with van der Waals surface area (Å²) in [6.45, 7) is 6.12. The van der Waals surface area contributed by atoms with Crippen LogP contribution in [0.15, 0.2) is 24.4 Å². The zero-order valence-corrected chi connectivity index (χ0v) is 22.8. The molecule has 1 fully saturated rings. The number of phosphoric acid groups is 1. The standard InChI is InChI=1S/C24H35N4O9P/c1-16(2)37-38(31,32)34-15-5-6-18-7-8-20(17(3)26-18)27-23-22(33-4)21(9-12-25-23)35-19-10-13-28(14-11-19)36-24(29)30/h7-9,12,16,19H,5-6,10-11,13-15H2,1-4H3,(H,25,27)(H,29,30)(H,31,32). The first kappa shape index (κ1) is 29.6. The van der Waals surface area contributed by atoms with Gasteiger partial charge < -0.3 is 29.6 Å². The molecule has 2 aromatic rings. The van der Waals surface area contributed by atoms with Crippen molar-refractivity contribution >= 4 is 25.5 Å². The van der Waals surface area contributed by atoms with E-state index < -0.39 is 20.1 Å². The lowest BCUT2D eigenvalue weighted by Gasteiger charge is -2.30. The van der Waals surface area contributed by atoms with Gasteiger partial charge in [-0.15, -0.1) is 5.06 Å². The summed E-state index contributed by atoms with van der Waals surface area (Å²) in [7, 11) is -2.51. The highest BCUT2D eigenvalue weighted by Crippen LogP contribution is 2.44. The van der Waals surface area contributed by atoms with Crippen molar-refractivity contribution in [3.63, 3.8) is 0 Å². The topological polar surface area (TPSA) is 162 Å². The smallest absolute Gasteiger partial charge is 0.490 e. The first-order chi connectivity index (χ1) is 18.1. The van der Waals surface area contributed by atoms with Gasteiger partial charge in [0.05, 0.1) is 31.2 Å². The predicted octanol–water partition coefficient (Wildman–Crippen LogP) is 4.46. The number of rotatable bonds is 13. The van der Waals surface area contributed by atoms with Crippen LogP contribution < -0.4 is 14.8 Å². The first-order valence-electron chi connectivity index (χ1n) is 12.3. The third-order valence-corrected chi connectivity index (χ3v) is 6.74. The van der Waals surface area contributed by atoms with Crippen LogP contribution in [0.2, 0.25) is 0 Å². The summed E-state index contributed by atoms with van der Waals surface area (Å²) >= 11 is 0. The van der Waals surface area contributed by atoms with E-state index in [9.17, 15) is 14.3 Å². The van der Waals surface area contributed by atoms with Crippen LogP contribution in [0, 0.1) is 6.92 Å². The summed E-state index contributed by atoms with van der Waals surface area (Å²) in [6, 6.07) is 5.46. The molecule has 1 saturated heterocycles. The summed E-state index contributed by atoms with van der Waals surface area (Å²) in [5.74, 6) is 1.42. The molecule has 0 spiro atoms. The number of aryl methyl sites for hydroxylation is 2. The van der Waals surface area contributed by atoms with Crippen molar-refractivity contribution in [3.05, 3.63) is 35.8 Å². The largest absolute Gasteiger partial charge is 0.525 e. The number of hydroxylamine groups is 2. The summed E-state index contributed by atoms with van der Waals surface area (Å²) in [5.41, 5.74) is 2.28. The number of pyridine rings is 2. The number of carboxylic acid groups (broad SMARTS) is 1. The lowest BCUT2D eigenvalue weighted by Crippen LogP contribution is -2.39. The molecule has 210 valence electrons. The number of nitrogens with zero attached hydrogens (tertiary/aromatic N) is 3. The van der Waals surface area contributed by atoms with Crippen LogP contribution in [0.25, 0.3) is 0 Å². The lowest BCUT2D eigenvalue weighted by molar-refractivity contribution is -0.140. The van der Waals surface area contributed by atoms with Gasteiger partial charge in [0.2, 0.25) is 5.75 Å². The zero-order valence-electron chi connectivity index (χ0n) is 22.0. The van der Waals surface area contributed by atoms with Crippen LogP contribution in [-0.2, 0) is 24.9 Å². The van der Waals surface area contributed by atoms with Gasteiger partial charge in [-0.3, -0.25) is 14.0 Å². The molecule has 0 radical (unpaired) electrons. The van der Waals surface area contributed by atoms with Gasteiger partial charge in [0.25, 0.3) is 0 Å². The van der Waals surface area contributed by atoms with Crippen LogP contribution in [0.1, 0.15) is 44.5 Å². The summed E-state index contributed by atoms with van der Waals surface area (Å²) in [4.78, 5) is 34.1. The van der Waals surface area contributed by atoms with Gasteiger partial charge >= 0.3 is 14.0 Å². The van der Waals surface area contributed by atoms with Crippen molar-refractivity contribution in [2.45, 2.75) is 58.7 Å². The Kier molecular flexibility index (Phi) is 10.7. The molecule has 13 nitrogen and oxygen atoms in total. The van der Waals surface area contributed by atoms with Crippen LogP contribution in [0.4, 0.5) is 16.3 Å². The molecule has 1 aliphatic rings. The monoisotopic (exact) mass is 554 g/mol. The second-order valence-electron chi connectivity index (χ2n) is 8.91. The van der Waals surface area contributed by atoms with Gasteiger partial charge in [-0.1, -0.05) is 0 Å². The molecule has 1 atom stereocenters. The number of anilines is 2. The summed E-state index contributed by atoms with van der Waals surface area (Å²) in [6.07, 6.45) is 2.00. The lowest BCUT2D eigenvalue weighted by atomic mass is 10.1. The number of nitrogens with one attached hydrogen (secondary N) is 1. The number of ether oxygens (including phenoxy) is 2. The minimum Gasteiger partial charge on any atom is -0.490 e. The predicted molar refractivity (Wildman–Crippen MR) is 138 cm³/mol. The van der Waals surface area contributed by atoms with E-state index in [1.165, 1.54) is 12.2 Å². The van der Waals surface area contributed by atoms with Gasteiger partial charge in [0, 0.05) is 43.9 Å². The molecule has 2 aromatic heterocycles. The zero-order chi connectivity index (χ0) is 27.7. The molecule has 3 heterocycles. The van der Waals surface area contributed by atoms with E-state index in [1.807, 2.05) is 19.1 Å². The Morgan fingerprint density at radius 3 is 2.63 bits per heavy atom. The van der Waals surface area contributed by atoms with Crippen molar-refractivity contribution < 1.29 is 42.7 Å². The second-order valence-corrected chi connectivity index (χ2v) is 10.3. The second kappa shape index (κ2) is 13.7. The first-order valence-corrected chi connectivity index (χ1v) is 13.8. The Balaban J connectivity index is 1.58. The Morgan fingerprint density at radius 1 is 1.26 bits per heavy atom. The Labute approximate surface area is 221 Å². The SMILES string of the molecule is COc1c(OC2CCN(OC(=O)O)CC2)ccnc1Nc1ccc(CCCOP(=O)(O)OC(C)C)nc1C. The maximum Gasteiger partial charge on any atom is 0.525 e. The average Bonchev–Trinajstić information content (AvgIpc) is 2.84. The molecule has 1 unspecified atom stereocenters. The van der Waals surface area contributed by atoms with Gasteiger partial charge in [-0.25, -0.2) is 14.3 Å². The van der Waals surface area contributed by atoms with Crippen molar-refractivity contribution in [2.24, 2.45) is 0 Å². The van der Waals surface area contributed by atoms with Crippen molar-refractivity contribution in [1.29, 1.82) is 0 Å². The molecule has 0 amide bonds. The van der Waals surface area contributed by atoms with Crippen LogP contribution >= 0.6 is 7.82 Å². The molecule has 3 rings (SSSR count). The highest BCUT2D eigenvalue weighted by molar-refractivity contribution is 7.47. The fourth-order valence-electron chi connectivity index (χ4n) is 3.88. The van der Waals surface area contributed by atoms with Crippen molar-refractivity contribution in [3.8, 4) is 11.5 Å². The van der Waals surface area contributed by atoms with E-state index in [0.29, 0.717) is 56.1 Å². The summed E-state index contributed by atoms with van der Waals surface area (Å²) in [5, 5.41) is 13.4. The Morgan fingerprint density at radius 2 is 2.00 bits per heavy atom. The van der Waals surface area contributed by atoms with Gasteiger partial charge in [0.1, 0.15) is 6.10 Å². The molecular weight excluding hydrogens is 519 g/mol. The summed E-state index contributed by atoms with van der Waals surface area (Å²) < 4.78 is 33.4. The van der Waals surface area contributed by atoms with E-state index in [4.69, 9.17) is 28.5 Å². The molecule has 38 heavy (non-hydrogen) atoms. The van der Waals surface area contributed by atoms with Crippen LogP contribution in [-0.4, -0.2) is 70.2 Å². The molecule has 0 bridgehead atoms. The minimum absolute atomic E-state index is 0.0702. The number of methoxy groups -OCH3 is 1. The minimum atomic E-state index is -4.05. The number of carbonyl (C=O) groups is 1. The third kappa shape index (κ3) is 9.10. The van der Waals surface area contributed by atoms with Gasteiger partial charge in [-0.05, 0) is 45.7 Å². The molecular formula is C24H35N4O9P. The van der Waals surface area contributed by atoms with Crippen LogP contribution in [0.5, 0.6) is 11.5 Å². The number of hydrogen-bond donors (Lipinski definition) is 3. The Hall–Kier alpha value is -2.96. The average molecular weight is 555 g/mol. The third-order valence-electron chi connectivity index (χ3n) is 5.55. The normalized spacial score (nSPS) is 16.2. The molecule has 0 aliphatic carbocycles. The fourth-order valence-corrected chi connectivity index (χ4v) is 4.84. The van der Waals surface area contributed by atoms with Gasteiger partial charge in [0.15, 0.2) is 11.6 Å². The van der Waals surface area contributed by atoms with E-state index >= 15 is 0 Å². The van der Waals surface area contributed by atoms with E-state index in [0.717, 1.165) is 17.1 Å².